The van der Waals surface area contributed by atoms with Crippen molar-refractivity contribution in [3.8, 4) is 0 Å². The Morgan fingerprint density at radius 1 is 1.53 bits per heavy atom. The molecule has 5 nitrogen and oxygen atoms in total. The zero-order valence-electron chi connectivity index (χ0n) is 9.78. The maximum Gasteiger partial charge on any atom is 0.227 e. The van der Waals surface area contributed by atoms with E-state index in [1.807, 2.05) is 13.8 Å². The molecule has 0 saturated carbocycles. The van der Waals surface area contributed by atoms with Gasteiger partial charge in [-0.05, 0) is 19.8 Å². The van der Waals surface area contributed by atoms with E-state index in [4.69, 9.17) is 15.0 Å². The first-order valence-electron chi connectivity index (χ1n) is 5.04. The zero-order valence-corrected chi connectivity index (χ0v) is 9.78. The first kappa shape index (κ1) is 12.1. The highest BCUT2D eigenvalue weighted by atomic mass is 16.5. The van der Waals surface area contributed by atoms with E-state index in [-0.39, 0.29) is 0 Å². The van der Waals surface area contributed by atoms with Crippen molar-refractivity contribution in [1.29, 1.82) is 0 Å². The van der Waals surface area contributed by atoms with Crippen LogP contribution in [0.25, 0.3) is 0 Å². The first-order valence-corrected chi connectivity index (χ1v) is 5.04. The van der Waals surface area contributed by atoms with Crippen molar-refractivity contribution < 1.29 is 9.26 Å². The standard InChI is InChI=1S/C10H19N3O2/c1-7(6-14-4)5-8-12-9(13-15-8)10(2,3)11/h7H,5-6,11H2,1-4H3. The third-order valence-corrected chi connectivity index (χ3v) is 2.02. The summed E-state index contributed by atoms with van der Waals surface area (Å²) in [6.07, 6.45) is 0.719. The van der Waals surface area contributed by atoms with Gasteiger partial charge in [-0.25, -0.2) is 0 Å². The normalized spacial score (nSPS) is 14.2. The summed E-state index contributed by atoms with van der Waals surface area (Å²) in [5.74, 6) is 1.53. The molecule has 0 aromatic carbocycles. The predicted octanol–water partition coefficient (Wildman–Crippen LogP) is 1.09. The summed E-state index contributed by atoms with van der Waals surface area (Å²) in [6, 6.07) is 0. The van der Waals surface area contributed by atoms with Crippen molar-refractivity contribution >= 4 is 0 Å². The molecule has 0 saturated heterocycles. The number of rotatable bonds is 5. The van der Waals surface area contributed by atoms with Crippen LogP contribution in [0, 0.1) is 5.92 Å². The zero-order chi connectivity index (χ0) is 11.5. The van der Waals surface area contributed by atoms with E-state index < -0.39 is 5.54 Å². The van der Waals surface area contributed by atoms with Gasteiger partial charge in [0.05, 0.1) is 5.54 Å². The monoisotopic (exact) mass is 213 g/mol. The molecule has 1 aromatic heterocycles. The molecule has 15 heavy (non-hydrogen) atoms. The number of methoxy groups -OCH3 is 1. The van der Waals surface area contributed by atoms with Gasteiger partial charge in [-0.15, -0.1) is 0 Å². The summed E-state index contributed by atoms with van der Waals surface area (Å²) in [6.45, 7) is 6.45. The Morgan fingerprint density at radius 2 is 2.20 bits per heavy atom. The van der Waals surface area contributed by atoms with Crippen molar-refractivity contribution in [2.45, 2.75) is 32.7 Å². The predicted molar refractivity (Wildman–Crippen MR) is 56.3 cm³/mol. The number of ether oxygens (including phenoxy) is 1. The van der Waals surface area contributed by atoms with Gasteiger partial charge in [0, 0.05) is 20.1 Å². The van der Waals surface area contributed by atoms with Crippen LogP contribution in [0.3, 0.4) is 0 Å². The van der Waals surface area contributed by atoms with Crippen LogP contribution >= 0.6 is 0 Å². The van der Waals surface area contributed by atoms with Crippen molar-refractivity contribution in [3.63, 3.8) is 0 Å². The van der Waals surface area contributed by atoms with Crippen molar-refractivity contribution in [1.82, 2.24) is 10.1 Å². The molecule has 2 N–H and O–H groups in total. The second-order valence-corrected chi connectivity index (χ2v) is 4.50. The van der Waals surface area contributed by atoms with E-state index in [1.165, 1.54) is 0 Å². The molecule has 0 amide bonds. The van der Waals surface area contributed by atoms with Crippen LogP contribution in [-0.2, 0) is 16.7 Å². The maximum atomic E-state index is 5.85. The fourth-order valence-corrected chi connectivity index (χ4v) is 1.24. The lowest BCUT2D eigenvalue weighted by molar-refractivity contribution is 0.155. The van der Waals surface area contributed by atoms with Gasteiger partial charge in [0.1, 0.15) is 0 Å². The minimum Gasteiger partial charge on any atom is -0.384 e. The quantitative estimate of drug-likeness (QED) is 0.792. The Morgan fingerprint density at radius 3 is 2.67 bits per heavy atom. The van der Waals surface area contributed by atoms with Gasteiger partial charge in [0.15, 0.2) is 5.82 Å². The molecular weight excluding hydrogens is 194 g/mol. The van der Waals surface area contributed by atoms with Gasteiger partial charge < -0.3 is 15.0 Å². The lowest BCUT2D eigenvalue weighted by atomic mass is 10.1. The summed E-state index contributed by atoms with van der Waals surface area (Å²) >= 11 is 0. The molecule has 1 unspecified atom stereocenters. The van der Waals surface area contributed by atoms with Crippen LogP contribution < -0.4 is 5.73 Å². The van der Waals surface area contributed by atoms with Gasteiger partial charge in [0.25, 0.3) is 0 Å². The topological polar surface area (TPSA) is 74.2 Å². The van der Waals surface area contributed by atoms with Gasteiger partial charge in [-0.3, -0.25) is 0 Å². The van der Waals surface area contributed by atoms with E-state index in [0.29, 0.717) is 24.2 Å². The van der Waals surface area contributed by atoms with E-state index in [2.05, 4.69) is 17.1 Å². The third kappa shape index (κ3) is 3.60. The van der Waals surface area contributed by atoms with Crippen LogP contribution in [0.1, 0.15) is 32.5 Å². The third-order valence-electron chi connectivity index (χ3n) is 2.02. The number of nitrogens with zero attached hydrogens (tertiary/aromatic N) is 2. The van der Waals surface area contributed by atoms with Crippen LogP contribution in [0.15, 0.2) is 4.52 Å². The van der Waals surface area contributed by atoms with Crippen molar-refractivity contribution in [2.75, 3.05) is 13.7 Å². The van der Waals surface area contributed by atoms with Gasteiger partial charge in [-0.2, -0.15) is 4.98 Å². The van der Waals surface area contributed by atoms with E-state index >= 15 is 0 Å². The summed E-state index contributed by atoms with van der Waals surface area (Å²) in [5, 5.41) is 3.85. The summed E-state index contributed by atoms with van der Waals surface area (Å²) in [4.78, 5) is 4.25. The molecular formula is C10H19N3O2. The Labute approximate surface area is 90.0 Å². The smallest absolute Gasteiger partial charge is 0.227 e. The highest BCUT2D eigenvalue weighted by Gasteiger charge is 2.21. The van der Waals surface area contributed by atoms with Crippen LogP contribution in [0.4, 0.5) is 0 Å². The Bertz CT molecular complexity index is 304. The first-order chi connectivity index (χ1) is 6.93. The van der Waals surface area contributed by atoms with Crippen LogP contribution in [-0.4, -0.2) is 23.9 Å². The Kier molecular flexibility index (Phi) is 3.82. The molecule has 5 heteroatoms. The molecule has 1 heterocycles. The molecule has 0 fully saturated rings. The minimum absolute atomic E-state index is 0.365. The largest absolute Gasteiger partial charge is 0.384 e. The number of hydrogen-bond donors (Lipinski definition) is 1. The van der Waals surface area contributed by atoms with Gasteiger partial charge in [0.2, 0.25) is 5.89 Å². The van der Waals surface area contributed by atoms with Gasteiger partial charge >= 0.3 is 0 Å². The van der Waals surface area contributed by atoms with Gasteiger partial charge in [-0.1, -0.05) is 12.1 Å². The average molecular weight is 213 g/mol. The lowest BCUT2D eigenvalue weighted by Crippen LogP contribution is -2.30. The molecule has 0 aliphatic heterocycles. The van der Waals surface area contributed by atoms with Crippen LogP contribution in [0.2, 0.25) is 0 Å². The second-order valence-electron chi connectivity index (χ2n) is 4.50. The number of aromatic nitrogens is 2. The SMILES string of the molecule is COCC(C)Cc1nc(C(C)(C)N)no1. The summed E-state index contributed by atoms with van der Waals surface area (Å²) in [5.41, 5.74) is 5.30. The molecule has 0 radical (unpaired) electrons. The molecule has 0 bridgehead atoms. The second kappa shape index (κ2) is 4.72. The van der Waals surface area contributed by atoms with E-state index in [0.717, 1.165) is 6.42 Å². The maximum absolute atomic E-state index is 5.85. The van der Waals surface area contributed by atoms with Crippen molar-refractivity contribution in [2.24, 2.45) is 11.7 Å². The Hall–Kier alpha value is -0.940. The molecule has 1 aromatic rings. The molecule has 0 aliphatic carbocycles. The summed E-state index contributed by atoms with van der Waals surface area (Å²) < 4.78 is 10.1. The molecule has 86 valence electrons. The number of nitrogens with two attached hydrogens (primary N) is 1. The minimum atomic E-state index is -0.549. The summed E-state index contributed by atoms with van der Waals surface area (Å²) in [7, 11) is 1.68. The molecule has 1 rings (SSSR count). The fraction of sp³-hybridized carbons (Fsp3) is 0.800. The molecule has 0 spiro atoms. The fourth-order valence-electron chi connectivity index (χ4n) is 1.24. The highest BCUT2D eigenvalue weighted by Crippen LogP contribution is 2.14. The van der Waals surface area contributed by atoms with Crippen molar-refractivity contribution in [3.05, 3.63) is 11.7 Å². The van der Waals surface area contributed by atoms with E-state index in [1.54, 1.807) is 7.11 Å². The number of hydrogen-bond acceptors (Lipinski definition) is 5. The van der Waals surface area contributed by atoms with E-state index in [9.17, 15) is 0 Å². The lowest BCUT2D eigenvalue weighted by Gasteiger charge is -2.11. The molecule has 0 aliphatic rings. The average Bonchev–Trinajstić information content (AvgIpc) is 2.52. The highest BCUT2D eigenvalue weighted by molar-refractivity contribution is 4.99. The van der Waals surface area contributed by atoms with Crippen LogP contribution in [0.5, 0.6) is 0 Å². The molecule has 1 atom stereocenters. The Balaban J connectivity index is 2.61.